The first-order chi connectivity index (χ1) is 9.79. The fraction of sp³-hybridized carbons (Fsp3) is 0.0909. The van der Waals surface area contributed by atoms with Gasteiger partial charge in [0.05, 0.1) is 16.3 Å². The van der Waals surface area contributed by atoms with Crippen molar-refractivity contribution in [2.24, 2.45) is 0 Å². The molecule has 0 fully saturated rings. The molecule has 0 aliphatic carbocycles. The highest BCUT2D eigenvalue weighted by atomic mass is 32.1. The van der Waals surface area contributed by atoms with E-state index in [1.807, 2.05) is 0 Å². The first kappa shape index (κ1) is 14.8. The Labute approximate surface area is 120 Å². The second kappa shape index (κ2) is 5.40. The van der Waals surface area contributed by atoms with Gasteiger partial charge in [-0.05, 0) is 6.92 Å². The number of carbonyl (C=O) groups is 1. The monoisotopic (exact) mass is 314 g/mol. The van der Waals surface area contributed by atoms with Gasteiger partial charge in [0, 0.05) is 12.1 Å². The van der Waals surface area contributed by atoms with Gasteiger partial charge < -0.3 is 11.1 Å². The molecule has 2 rings (SSSR count). The van der Waals surface area contributed by atoms with Gasteiger partial charge in [-0.15, -0.1) is 0 Å². The lowest BCUT2D eigenvalue weighted by Gasteiger charge is -2.06. The van der Waals surface area contributed by atoms with Crippen molar-refractivity contribution in [2.45, 2.75) is 6.92 Å². The minimum absolute atomic E-state index is 0.138. The quantitative estimate of drug-likeness (QED) is 0.667. The first-order valence-electron chi connectivity index (χ1n) is 5.47. The highest BCUT2D eigenvalue weighted by molar-refractivity contribution is 7.17. The Kier molecular flexibility index (Phi) is 3.80. The highest BCUT2D eigenvalue weighted by Crippen LogP contribution is 2.27. The van der Waals surface area contributed by atoms with Crippen molar-refractivity contribution in [1.29, 1.82) is 0 Å². The van der Waals surface area contributed by atoms with Crippen LogP contribution < -0.4 is 11.1 Å². The molecule has 1 aromatic heterocycles. The number of nitrogens with zero attached hydrogens (tertiary/aromatic N) is 2. The van der Waals surface area contributed by atoms with Crippen molar-refractivity contribution in [3.63, 3.8) is 0 Å². The van der Waals surface area contributed by atoms with E-state index in [0.717, 1.165) is 11.3 Å². The third-order valence-corrected chi connectivity index (χ3v) is 3.49. The third kappa shape index (κ3) is 2.94. The Bertz CT molecular complexity index is 747. The standard InChI is InChI=1S/C11H8F2N4O3S/c1-4-9(21-11(14)15-4)10(18)16-7-3-8(17(19)20)6(13)2-5(7)12/h2-3H,1H3,(H2,14,15)(H,16,18). The summed E-state index contributed by atoms with van der Waals surface area (Å²) in [6.07, 6.45) is 0. The summed E-state index contributed by atoms with van der Waals surface area (Å²) in [4.78, 5) is 25.5. The van der Waals surface area contributed by atoms with Crippen LogP contribution in [-0.2, 0) is 0 Å². The molecule has 0 unspecified atom stereocenters. The number of carbonyl (C=O) groups excluding carboxylic acids is 1. The molecule has 0 atom stereocenters. The molecule has 0 aliphatic heterocycles. The molecule has 3 N–H and O–H groups in total. The van der Waals surface area contributed by atoms with E-state index >= 15 is 0 Å². The summed E-state index contributed by atoms with van der Waals surface area (Å²) in [5, 5.41) is 12.9. The molecule has 7 nitrogen and oxygen atoms in total. The molecule has 0 spiro atoms. The number of halogens is 2. The number of nitrogens with one attached hydrogen (secondary N) is 1. The topological polar surface area (TPSA) is 111 Å². The van der Waals surface area contributed by atoms with Crippen LogP contribution in [0.4, 0.5) is 25.3 Å². The highest BCUT2D eigenvalue weighted by Gasteiger charge is 2.21. The van der Waals surface area contributed by atoms with Gasteiger partial charge in [-0.25, -0.2) is 9.37 Å². The molecule has 0 saturated carbocycles. The Balaban J connectivity index is 2.35. The Morgan fingerprint density at radius 1 is 1.43 bits per heavy atom. The number of rotatable bonds is 3. The fourth-order valence-corrected chi connectivity index (χ4v) is 2.31. The van der Waals surface area contributed by atoms with E-state index < -0.39 is 33.8 Å². The van der Waals surface area contributed by atoms with Crippen LogP contribution >= 0.6 is 11.3 Å². The molecule has 1 heterocycles. The number of nitrogen functional groups attached to an aromatic ring is 1. The first-order valence-corrected chi connectivity index (χ1v) is 6.29. The number of amides is 1. The number of nitro benzene ring substituents is 1. The lowest BCUT2D eigenvalue weighted by Crippen LogP contribution is -2.13. The predicted molar refractivity (Wildman–Crippen MR) is 72.2 cm³/mol. The van der Waals surface area contributed by atoms with Gasteiger partial charge in [-0.3, -0.25) is 14.9 Å². The van der Waals surface area contributed by atoms with Crippen LogP contribution in [0.15, 0.2) is 12.1 Å². The van der Waals surface area contributed by atoms with Crippen molar-refractivity contribution < 1.29 is 18.5 Å². The zero-order chi connectivity index (χ0) is 15.7. The molecule has 0 radical (unpaired) electrons. The lowest BCUT2D eigenvalue weighted by molar-refractivity contribution is -0.387. The summed E-state index contributed by atoms with van der Waals surface area (Å²) in [7, 11) is 0. The van der Waals surface area contributed by atoms with E-state index in [0.29, 0.717) is 17.8 Å². The fourth-order valence-electron chi connectivity index (χ4n) is 1.58. The Morgan fingerprint density at radius 3 is 2.62 bits per heavy atom. The van der Waals surface area contributed by atoms with Crippen molar-refractivity contribution in [1.82, 2.24) is 4.98 Å². The third-order valence-electron chi connectivity index (χ3n) is 2.50. The lowest BCUT2D eigenvalue weighted by atomic mass is 10.2. The van der Waals surface area contributed by atoms with Gasteiger partial charge in [-0.1, -0.05) is 11.3 Å². The largest absolute Gasteiger partial charge is 0.375 e. The number of anilines is 2. The molecule has 21 heavy (non-hydrogen) atoms. The summed E-state index contributed by atoms with van der Waals surface area (Å²) in [5.74, 6) is -3.18. The molecule has 0 aliphatic rings. The molecule has 10 heteroatoms. The van der Waals surface area contributed by atoms with Crippen molar-refractivity contribution in [3.8, 4) is 0 Å². The second-order valence-corrected chi connectivity index (χ2v) is 4.99. The molecular weight excluding hydrogens is 306 g/mol. The maximum absolute atomic E-state index is 13.6. The average molecular weight is 314 g/mol. The molecule has 0 saturated heterocycles. The van der Waals surface area contributed by atoms with Crippen LogP contribution in [0.5, 0.6) is 0 Å². The predicted octanol–water partition coefficient (Wildman–Crippen LogP) is 2.47. The van der Waals surface area contributed by atoms with E-state index in [4.69, 9.17) is 5.73 Å². The molecule has 110 valence electrons. The average Bonchev–Trinajstić information content (AvgIpc) is 2.71. The van der Waals surface area contributed by atoms with E-state index in [2.05, 4.69) is 10.3 Å². The van der Waals surface area contributed by atoms with Crippen molar-refractivity contribution in [3.05, 3.63) is 44.5 Å². The van der Waals surface area contributed by atoms with Gasteiger partial charge >= 0.3 is 5.69 Å². The number of nitrogens with two attached hydrogens (primary N) is 1. The Hall–Kier alpha value is -2.62. The smallest absolute Gasteiger partial charge is 0.307 e. The maximum Gasteiger partial charge on any atom is 0.307 e. The van der Waals surface area contributed by atoms with Crippen LogP contribution in [0.1, 0.15) is 15.4 Å². The second-order valence-electron chi connectivity index (χ2n) is 3.96. The minimum Gasteiger partial charge on any atom is -0.375 e. The molecule has 1 amide bonds. The number of nitro groups is 1. The van der Waals surface area contributed by atoms with Crippen LogP contribution in [0.3, 0.4) is 0 Å². The van der Waals surface area contributed by atoms with E-state index in [1.165, 1.54) is 6.92 Å². The van der Waals surface area contributed by atoms with Gasteiger partial charge in [0.2, 0.25) is 5.82 Å². The number of hydrogen-bond acceptors (Lipinski definition) is 6. The van der Waals surface area contributed by atoms with Crippen LogP contribution in [0.2, 0.25) is 0 Å². The molecule has 1 aromatic carbocycles. The number of thiazole rings is 1. The molecule has 0 bridgehead atoms. The van der Waals surface area contributed by atoms with E-state index in [1.54, 1.807) is 0 Å². The van der Waals surface area contributed by atoms with Gasteiger partial charge in [0.15, 0.2) is 5.13 Å². The van der Waals surface area contributed by atoms with Crippen LogP contribution in [0, 0.1) is 28.7 Å². The zero-order valence-electron chi connectivity index (χ0n) is 10.5. The minimum atomic E-state index is -1.33. The molecular formula is C11H8F2N4O3S. The van der Waals surface area contributed by atoms with Crippen LogP contribution in [0.25, 0.3) is 0 Å². The number of benzene rings is 1. The SMILES string of the molecule is Cc1nc(N)sc1C(=O)Nc1cc([N+](=O)[O-])c(F)cc1F. The summed E-state index contributed by atoms with van der Waals surface area (Å²) in [5.41, 5.74) is 4.34. The maximum atomic E-state index is 13.6. The summed E-state index contributed by atoms with van der Waals surface area (Å²) >= 11 is 0.885. The van der Waals surface area contributed by atoms with Crippen molar-refractivity contribution >= 4 is 33.8 Å². The molecule has 2 aromatic rings. The summed E-state index contributed by atoms with van der Waals surface area (Å²) in [6.45, 7) is 1.53. The normalized spacial score (nSPS) is 10.4. The van der Waals surface area contributed by atoms with E-state index in [-0.39, 0.29) is 10.0 Å². The van der Waals surface area contributed by atoms with E-state index in [9.17, 15) is 23.7 Å². The number of hydrogen-bond donors (Lipinski definition) is 2. The van der Waals surface area contributed by atoms with Gasteiger partial charge in [0.1, 0.15) is 10.7 Å². The number of aromatic nitrogens is 1. The summed E-state index contributed by atoms with van der Waals surface area (Å²) in [6, 6.07) is 0.948. The number of aryl methyl sites for hydroxylation is 1. The van der Waals surface area contributed by atoms with Gasteiger partial charge in [-0.2, -0.15) is 4.39 Å². The van der Waals surface area contributed by atoms with Crippen molar-refractivity contribution in [2.75, 3.05) is 11.1 Å². The zero-order valence-corrected chi connectivity index (χ0v) is 11.3. The summed E-state index contributed by atoms with van der Waals surface area (Å²) < 4.78 is 26.8. The Morgan fingerprint density at radius 2 is 2.10 bits per heavy atom. The van der Waals surface area contributed by atoms with Gasteiger partial charge in [0.25, 0.3) is 5.91 Å². The van der Waals surface area contributed by atoms with Crippen LogP contribution in [-0.4, -0.2) is 15.8 Å².